The largest absolute Gasteiger partial charge is 0.387 e. The third-order valence-corrected chi connectivity index (χ3v) is 9.94. The van der Waals surface area contributed by atoms with Crippen molar-refractivity contribution in [1.29, 1.82) is 0 Å². The summed E-state index contributed by atoms with van der Waals surface area (Å²) < 4.78 is 0. The van der Waals surface area contributed by atoms with Gasteiger partial charge >= 0.3 is 6.03 Å². The third kappa shape index (κ3) is 8.73. The van der Waals surface area contributed by atoms with Crippen LogP contribution in [0.15, 0.2) is 35.5 Å². The van der Waals surface area contributed by atoms with Gasteiger partial charge < -0.3 is 31.0 Å². The molecule has 2 saturated carbocycles. The van der Waals surface area contributed by atoms with Crippen molar-refractivity contribution >= 4 is 35.2 Å². The van der Waals surface area contributed by atoms with Crippen molar-refractivity contribution in [2.24, 2.45) is 16.5 Å². The molecule has 5 amide bonds. The van der Waals surface area contributed by atoms with E-state index in [1.807, 2.05) is 58.0 Å². The van der Waals surface area contributed by atoms with Crippen LogP contribution in [0.25, 0.3) is 0 Å². The molecule has 4 N–H and O–H groups in total. The molecule has 1 aromatic carbocycles. The van der Waals surface area contributed by atoms with E-state index in [9.17, 15) is 24.0 Å². The molecule has 0 unspecified atom stereocenters. The summed E-state index contributed by atoms with van der Waals surface area (Å²) in [6, 6.07) is 6.17. The first kappa shape index (κ1) is 35.3. The summed E-state index contributed by atoms with van der Waals surface area (Å²) in [7, 11) is 0. The van der Waals surface area contributed by atoms with Gasteiger partial charge in [-0.1, -0.05) is 88.9 Å². The molecule has 5 rings (SSSR count). The average molecular weight is 665 g/mol. The van der Waals surface area contributed by atoms with Crippen LogP contribution >= 0.6 is 0 Å². The minimum absolute atomic E-state index is 0.00209. The van der Waals surface area contributed by atoms with Crippen LogP contribution in [0.2, 0.25) is 0 Å². The molecule has 2 aliphatic carbocycles. The van der Waals surface area contributed by atoms with E-state index >= 15 is 0 Å². The quantitative estimate of drug-likeness (QED) is 0.250. The Morgan fingerprint density at radius 1 is 1.00 bits per heavy atom. The lowest BCUT2D eigenvalue weighted by atomic mass is 9.85. The maximum Gasteiger partial charge on any atom is 0.315 e. The van der Waals surface area contributed by atoms with Gasteiger partial charge in [0.1, 0.15) is 12.1 Å². The molecule has 1 saturated heterocycles. The van der Waals surface area contributed by atoms with Gasteiger partial charge in [-0.25, -0.2) is 4.79 Å². The van der Waals surface area contributed by atoms with Gasteiger partial charge in [0, 0.05) is 25.4 Å². The van der Waals surface area contributed by atoms with Crippen LogP contribution in [0.1, 0.15) is 104 Å². The second kappa shape index (κ2) is 15.1. The normalized spacial score (nSPS) is 23.9. The van der Waals surface area contributed by atoms with Crippen molar-refractivity contribution in [3.8, 4) is 0 Å². The molecule has 12 nitrogen and oxygen atoms in total. The molecule has 4 atom stereocenters. The zero-order chi connectivity index (χ0) is 34.5. The number of urea groups is 1. The predicted molar refractivity (Wildman–Crippen MR) is 181 cm³/mol. The molecule has 3 fully saturated rings. The van der Waals surface area contributed by atoms with Gasteiger partial charge in [0.25, 0.3) is 5.91 Å². The second-order valence-corrected chi connectivity index (χ2v) is 15.2. The Balaban J connectivity index is 1.35. The van der Waals surface area contributed by atoms with Crippen LogP contribution in [0.5, 0.6) is 0 Å². The first-order valence-corrected chi connectivity index (χ1v) is 17.7. The van der Waals surface area contributed by atoms with Gasteiger partial charge in [-0.15, -0.1) is 0 Å². The summed E-state index contributed by atoms with van der Waals surface area (Å²) in [5.74, 6) is -1.95. The lowest BCUT2D eigenvalue weighted by molar-refractivity contribution is -0.144. The highest BCUT2D eigenvalue weighted by Crippen LogP contribution is 2.40. The molecule has 1 aromatic rings. The number of hydrogen-bond donors (Lipinski definition) is 4. The molecule has 48 heavy (non-hydrogen) atoms. The number of nitrogens with zero attached hydrogens (tertiary/aromatic N) is 2. The van der Waals surface area contributed by atoms with Gasteiger partial charge in [0.2, 0.25) is 17.6 Å². The van der Waals surface area contributed by atoms with E-state index in [1.165, 1.54) is 11.3 Å². The Kier molecular flexibility index (Phi) is 11.1. The van der Waals surface area contributed by atoms with Crippen molar-refractivity contribution < 1.29 is 28.8 Å². The molecule has 1 spiro atoms. The van der Waals surface area contributed by atoms with Gasteiger partial charge in [-0.3, -0.25) is 19.2 Å². The van der Waals surface area contributed by atoms with Crippen molar-refractivity contribution in [3.05, 3.63) is 35.9 Å². The van der Waals surface area contributed by atoms with E-state index in [0.29, 0.717) is 31.0 Å². The molecule has 0 radical (unpaired) electrons. The molecule has 262 valence electrons. The van der Waals surface area contributed by atoms with Gasteiger partial charge in [0.15, 0.2) is 5.60 Å². The Morgan fingerprint density at radius 2 is 1.71 bits per heavy atom. The number of nitrogens with one attached hydrogen (secondary N) is 4. The summed E-state index contributed by atoms with van der Waals surface area (Å²) in [5.41, 5.74) is -0.0612. The molecule has 0 aromatic heterocycles. The SMILES string of the molecule is CCC[C@H](NC(=O)[C@@H]1C[C@]2(CC(c3ccccc3)=NO2)CN1C(=O)[C@@H](NC(=O)NCC1CCCCC1)C(C)(C)C)C(=O)C(=O)NC1CC1. The molecule has 2 aliphatic heterocycles. The number of benzene rings is 1. The molecule has 4 aliphatic rings. The highest BCUT2D eigenvalue weighted by Gasteiger charge is 2.55. The highest BCUT2D eigenvalue weighted by molar-refractivity contribution is 6.38. The topological polar surface area (TPSA) is 158 Å². The van der Waals surface area contributed by atoms with E-state index in [1.54, 1.807) is 0 Å². The zero-order valence-electron chi connectivity index (χ0n) is 28.8. The maximum absolute atomic E-state index is 14.5. The van der Waals surface area contributed by atoms with Crippen LogP contribution in [-0.4, -0.2) is 83.0 Å². The zero-order valence-corrected chi connectivity index (χ0v) is 28.8. The first-order valence-electron chi connectivity index (χ1n) is 17.7. The van der Waals surface area contributed by atoms with E-state index in [-0.39, 0.29) is 25.4 Å². The summed E-state index contributed by atoms with van der Waals surface area (Å²) in [6.45, 7) is 8.10. The number of ketones is 1. The Hall–Kier alpha value is -3.96. The van der Waals surface area contributed by atoms with Crippen molar-refractivity contribution in [1.82, 2.24) is 26.2 Å². The fraction of sp³-hybridized carbons (Fsp3) is 0.667. The molecule has 2 heterocycles. The minimum Gasteiger partial charge on any atom is -0.387 e. The maximum atomic E-state index is 14.5. The van der Waals surface area contributed by atoms with Crippen LogP contribution in [0.3, 0.4) is 0 Å². The van der Waals surface area contributed by atoms with Crippen LogP contribution in [0, 0.1) is 11.3 Å². The van der Waals surface area contributed by atoms with E-state index < -0.39 is 58.7 Å². The standard InChI is InChI=1S/C36H52N6O6/c1-5-12-26(29(43)32(45)38-25-17-18-25)39-31(44)28-20-36(19-27(41-48-36)24-15-10-7-11-16-24)22-42(28)33(46)30(35(2,3)4)40-34(47)37-21-23-13-8-6-9-14-23/h7,10-11,15-16,23,25-26,28,30H,5-6,8-9,12-14,17-22H2,1-4H3,(H,38,45)(H,39,44)(H2,37,40,47)/t26-,28-,30+,36+/m0/s1. The van der Waals surface area contributed by atoms with Gasteiger partial charge in [-0.2, -0.15) is 0 Å². The number of rotatable bonds is 12. The van der Waals surface area contributed by atoms with Crippen LogP contribution in [0.4, 0.5) is 4.79 Å². The first-order chi connectivity index (χ1) is 22.9. The highest BCUT2D eigenvalue weighted by atomic mass is 16.7. The lowest BCUT2D eigenvalue weighted by Crippen LogP contribution is -2.60. The van der Waals surface area contributed by atoms with E-state index in [0.717, 1.165) is 44.1 Å². The van der Waals surface area contributed by atoms with Crippen molar-refractivity contribution in [2.45, 2.75) is 128 Å². The Labute approximate surface area is 283 Å². The average Bonchev–Trinajstić information content (AvgIpc) is 3.66. The van der Waals surface area contributed by atoms with Crippen molar-refractivity contribution in [3.63, 3.8) is 0 Å². The number of carbonyl (C=O) groups is 5. The summed E-state index contributed by atoms with van der Waals surface area (Å²) in [5, 5.41) is 15.8. The van der Waals surface area contributed by atoms with E-state index in [4.69, 9.17) is 4.84 Å². The summed E-state index contributed by atoms with van der Waals surface area (Å²) in [4.78, 5) is 75.1. The fourth-order valence-electron chi connectivity index (χ4n) is 7.01. The third-order valence-electron chi connectivity index (χ3n) is 9.94. The second-order valence-electron chi connectivity index (χ2n) is 15.2. The monoisotopic (exact) mass is 664 g/mol. The van der Waals surface area contributed by atoms with Gasteiger partial charge in [0.05, 0.1) is 18.3 Å². The van der Waals surface area contributed by atoms with Gasteiger partial charge in [-0.05, 0) is 49.0 Å². The fourth-order valence-corrected chi connectivity index (χ4v) is 7.01. The molecule has 0 bridgehead atoms. The number of carbonyl (C=O) groups excluding carboxylic acids is 5. The lowest BCUT2D eigenvalue weighted by Gasteiger charge is -2.35. The summed E-state index contributed by atoms with van der Waals surface area (Å²) in [6.07, 6.45) is 8.70. The number of hydrogen-bond acceptors (Lipinski definition) is 7. The van der Waals surface area contributed by atoms with Crippen LogP contribution < -0.4 is 21.3 Å². The van der Waals surface area contributed by atoms with Crippen LogP contribution in [-0.2, 0) is 24.0 Å². The minimum atomic E-state index is -1.03. The predicted octanol–water partition coefficient (Wildman–Crippen LogP) is 3.58. The molecular formula is C36H52N6O6. The molecule has 12 heteroatoms. The number of amides is 5. The smallest absolute Gasteiger partial charge is 0.315 e. The Bertz CT molecular complexity index is 1380. The van der Waals surface area contributed by atoms with Crippen molar-refractivity contribution in [2.75, 3.05) is 13.1 Å². The number of oxime groups is 1. The summed E-state index contributed by atoms with van der Waals surface area (Å²) >= 11 is 0. The number of likely N-dealkylation sites (tertiary alicyclic amines) is 1. The number of Topliss-reactive ketones (excluding diaryl/α,β-unsaturated/α-hetero) is 1. The molecular weight excluding hydrogens is 612 g/mol. The van der Waals surface area contributed by atoms with E-state index in [2.05, 4.69) is 26.4 Å². The Morgan fingerprint density at radius 3 is 2.35 bits per heavy atom.